The number of rotatable bonds is 0. The van der Waals surface area contributed by atoms with E-state index in [0.717, 1.165) is 5.92 Å². The first-order chi connectivity index (χ1) is 5.27. The monoisotopic (exact) mass is 154 g/mol. The topological polar surface area (TPSA) is 29.3 Å². The van der Waals surface area contributed by atoms with Crippen LogP contribution in [0.3, 0.4) is 0 Å². The number of fused-ring (bicyclic) bond motifs is 2. The highest BCUT2D eigenvalue weighted by atomic mass is 15.4. The molecule has 0 aromatic carbocycles. The van der Waals surface area contributed by atoms with Crippen molar-refractivity contribution in [3.63, 3.8) is 0 Å². The normalized spacial score (nSPS) is 45.8. The molecule has 2 N–H and O–H groups in total. The summed E-state index contributed by atoms with van der Waals surface area (Å²) in [4.78, 5) is 0. The molecule has 2 atom stereocenters. The van der Waals surface area contributed by atoms with Crippen molar-refractivity contribution in [3.8, 4) is 0 Å². The first-order valence-electron chi connectivity index (χ1n) is 4.80. The van der Waals surface area contributed by atoms with Gasteiger partial charge in [0.05, 0.1) is 0 Å². The molecule has 2 bridgehead atoms. The van der Waals surface area contributed by atoms with E-state index >= 15 is 0 Å². The van der Waals surface area contributed by atoms with Gasteiger partial charge in [0.2, 0.25) is 0 Å². The average Bonchev–Trinajstić information content (AvgIpc) is 1.92. The van der Waals surface area contributed by atoms with Crippen LogP contribution < -0.4 is 5.84 Å². The summed E-state index contributed by atoms with van der Waals surface area (Å²) in [5.41, 5.74) is 0. The highest BCUT2D eigenvalue weighted by Crippen LogP contribution is 2.34. The van der Waals surface area contributed by atoms with Gasteiger partial charge in [0.15, 0.2) is 0 Å². The number of hydrogen-bond acceptors (Lipinski definition) is 2. The minimum atomic E-state index is 0.706. The summed E-state index contributed by atoms with van der Waals surface area (Å²) in [6.45, 7) is 2.36. The molecular weight excluding hydrogens is 136 g/mol. The molecule has 2 fully saturated rings. The molecule has 0 aromatic rings. The summed E-state index contributed by atoms with van der Waals surface area (Å²) >= 11 is 0. The summed E-state index contributed by atoms with van der Waals surface area (Å²) in [6.07, 6.45) is 6.71. The first kappa shape index (κ1) is 7.56. The molecule has 2 saturated heterocycles. The molecular formula is C9H18N2. The number of nitrogens with zero attached hydrogens (tertiary/aromatic N) is 1. The van der Waals surface area contributed by atoms with E-state index in [2.05, 4.69) is 11.9 Å². The van der Waals surface area contributed by atoms with E-state index in [4.69, 9.17) is 5.84 Å². The van der Waals surface area contributed by atoms with Gasteiger partial charge in [-0.1, -0.05) is 13.3 Å². The zero-order valence-electron chi connectivity index (χ0n) is 7.29. The summed E-state index contributed by atoms with van der Waals surface area (Å²) in [5.74, 6) is 6.89. The summed E-state index contributed by atoms with van der Waals surface area (Å²) < 4.78 is 0. The fourth-order valence-electron chi connectivity index (χ4n) is 2.69. The summed E-state index contributed by atoms with van der Waals surface area (Å²) in [5, 5.41) is 2.13. The maximum atomic E-state index is 5.98. The SMILES string of the molecule is CC1CC2CCCC(C1)N2N. The average molecular weight is 154 g/mol. The molecule has 0 spiro atoms. The van der Waals surface area contributed by atoms with Gasteiger partial charge < -0.3 is 0 Å². The molecule has 0 aromatic heterocycles. The van der Waals surface area contributed by atoms with Crippen molar-refractivity contribution in [1.29, 1.82) is 0 Å². The second kappa shape index (κ2) is 2.76. The van der Waals surface area contributed by atoms with E-state index in [1.165, 1.54) is 32.1 Å². The van der Waals surface area contributed by atoms with E-state index in [1.807, 2.05) is 0 Å². The lowest BCUT2D eigenvalue weighted by Gasteiger charge is -2.45. The fraction of sp³-hybridized carbons (Fsp3) is 1.00. The maximum absolute atomic E-state index is 5.98. The third kappa shape index (κ3) is 1.30. The van der Waals surface area contributed by atoms with Gasteiger partial charge in [-0.2, -0.15) is 0 Å². The molecule has 0 amide bonds. The highest BCUT2D eigenvalue weighted by molar-refractivity contribution is 4.88. The number of hydrazine groups is 1. The van der Waals surface area contributed by atoms with Gasteiger partial charge in [-0.25, -0.2) is 5.01 Å². The van der Waals surface area contributed by atoms with Crippen molar-refractivity contribution in [2.75, 3.05) is 0 Å². The van der Waals surface area contributed by atoms with Gasteiger partial charge in [0.1, 0.15) is 0 Å². The van der Waals surface area contributed by atoms with Crippen LogP contribution in [0.25, 0.3) is 0 Å². The minimum Gasteiger partial charge on any atom is -0.268 e. The molecule has 2 unspecified atom stereocenters. The third-order valence-electron chi connectivity index (χ3n) is 3.27. The van der Waals surface area contributed by atoms with Crippen molar-refractivity contribution in [3.05, 3.63) is 0 Å². The van der Waals surface area contributed by atoms with Crippen molar-refractivity contribution in [2.24, 2.45) is 11.8 Å². The van der Waals surface area contributed by atoms with Crippen molar-refractivity contribution >= 4 is 0 Å². The van der Waals surface area contributed by atoms with Crippen LogP contribution >= 0.6 is 0 Å². The van der Waals surface area contributed by atoms with Gasteiger partial charge in [0, 0.05) is 12.1 Å². The van der Waals surface area contributed by atoms with Gasteiger partial charge in [0.25, 0.3) is 0 Å². The number of hydrogen-bond donors (Lipinski definition) is 1. The van der Waals surface area contributed by atoms with Crippen LogP contribution in [-0.4, -0.2) is 17.1 Å². The third-order valence-corrected chi connectivity index (χ3v) is 3.27. The molecule has 2 heteroatoms. The van der Waals surface area contributed by atoms with E-state index < -0.39 is 0 Å². The van der Waals surface area contributed by atoms with Crippen LogP contribution in [0.4, 0.5) is 0 Å². The van der Waals surface area contributed by atoms with Crippen LogP contribution in [0.1, 0.15) is 39.0 Å². The predicted octanol–water partition coefficient (Wildman–Crippen LogP) is 1.51. The lowest BCUT2D eigenvalue weighted by atomic mass is 9.80. The Kier molecular flexibility index (Phi) is 1.90. The summed E-state index contributed by atoms with van der Waals surface area (Å²) in [6, 6.07) is 1.41. The largest absolute Gasteiger partial charge is 0.268 e. The van der Waals surface area contributed by atoms with Crippen molar-refractivity contribution < 1.29 is 0 Å². The lowest BCUT2D eigenvalue weighted by Crippen LogP contribution is -2.55. The Labute approximate surface area is 68.7 Å². The van der Waals surface area contributed by atoms with Gasteiger partial charge >= 0.3 is 0 Å². The molecule has 2 heterocycles. The Balaban J connectivity index is 2.07. The standard InChI is InChI=1S/C9H18N2/c1-7-5-8-3-2-4-9(6-7)11(8)10/h7-9H,2-6,10H2,1H3. The van der Waals surface area contributed by atoms with Crippen LogP contribution in [0.5, 0.6) is 0 Å². The van der Waals surface area contributed by atoms with E-state index in [0.29, 0.717) is 12.1 Å². The minimum absolute atomic E-state index is 0.706. The smallest absolute Gasteiger partial charge is 0.0246 e. The molecule has 2 aliphatic rings. The highest BCUT2D eigenvalue weighted by Gasteiger charge is 2.34. The molecule has 2 nitrogen and oxygen atoms in total. The van der Waals surface area contributed by atoms with E-state index in [1.54, 1.807) is 0 Å². The first-order valence-corrected chi connectivity index (χ1v) is 4.80. The van der Waals surface area contributed by atoms with Gasteiger partial charge in [-0.3, -0.25) is 5.84 Å². The second-order valence-corrected chi connectivity index (χ2v) is 4.26. The Morgan fingerprint density at radius 2 is 1.73 bits per heavy atom. The maximum Gasteiger partial charge on any atom is 0.0246 e. The van der Waals surface area contributed by atoms with Crippen LogP contribution in [0, 0.1) is 5.92 Å². The lowest BCUT2D eigenvalue weighted by molar-refractivity contribution is 0.0174. The predicted molar refractivity (Wildman–Crippen MR) is 45.9 cm³/mol. The molecule has 64 valence electrons. The van der Waals surface area contributed by atoms with Crippen LogP contribution in [-0.2, 0) is 0 Å². The van der Waals surface area contributed by atoms with Crippen molar-refractivity contribution in [1.82, 2.24) is 5.01 Å². The molecule has 0 radical (unpaired) electrons. The second-order valence-electron chi connectivity index (χ2n) is 4.26. The molecule has 2 aliphatic heterocycles. The number of piperidine rings is 2. The zero-order valence-corrected chi connectivity index (χ0v) is 7.29. The van der Waals surface area contributed by atoms with E-state index in [9.17, 15) is 0 Å². The van der Waals surface area contributed by atoms with Crippen LogP contribution in [0.15, 0.2) is 0 Å². The Morgan fingerprint density at radius 3 is 2.27 bits per heavy atom. The quantitative estimate of drug-likeness (QED) is 0.536. The van der Waals surface area contributed by atoms with Crippen LogP contribution in [0.2, 0.25) is 0 Å². The Morgan fingerprint density at radius 1 is 1.18 bits per heavy atom. The number of nitrogens with two attached hydrogens (primary N) is 1. The Hall–Kier alpha value is -0.0800. The molecule has 2 rings (SSSR count). The summed E-state index contributed by atoms with van der Waals surface area (Å²) in [7, 11) is 0. The Bertz CT molecular complexity index is 132. The van der Waals surface area contributed by atoms with Crippen molar-refractivity contribution in [2.45, 2.75) is 51.1 Å². The van der Waals surface area contributed by atoms with Gasteiger partial charge in [-0.15, -0.1) is 0 Å². The molecule has 0 aliphatic carbocycles. The molecule has 0 saturated carbocycles. The fourth-order valence-corrected chi connectivity index (χ4v) is 2.69. The zero-order chi connectivity index (χ0) is 7.84. The molecule has 11 heavy (non-hydrogen) atoms. The van der Waals surface area contributed by atoms with Gasteiger partial charge in [-0.05, 0) is 31.6 Å². The van der Waals surface area contributed by atoms with E-state index in [-0.39, 0.29) is 0 Å².